The first-order valence-electron chi connectivity index (χ1n) is 10.6. The lowest BCUT2D eigenvalue weighted by molar-refractivity contribution is -0.102. The number of aliphatic hydroxyl groups excluding tert-OH is 1. The van der Waals surface area contributed by atoms with Crippen LogP contribution in [0.3, 0.4) is 0 Å². The van der Waals surface area contributed by atoms with E-state index in [4.69, 9.17) is 5.73 Å². The van der Waals surface area contributed by atoms with Crippen LogP contribution in [0.4, 0.5) is 0 Å². The highest BCUT2D eigenvalue weighted by Crippen LogP contribution is 2.39. The summed E-state index contributed by atoms with van der Waals surface area (Å²) in [5.74, 6) is 0.569. The summed E-state index contributed by atoms with van der Waals surface area (Å²) < 4.78 is 1.83. The highest BCUT2D eigenvalue weighted by Gasteiger charge is 2.43. The van der Waals surface area contributed by atoms with Gasteiger partial charge in [-0.3, -0.25) is 5.73 Å². The van der Waals surface area contributed by atoms with Gasteiger partial charge in [-0.2, -0.15) is 5.10 Å². The first kappa shape index (κ1) is 19.8. The van der Waals surface area contributed by atoms with Crippen LogP contribution in [0.5, 0.6) is 0 Å². The summed E-state index contributed by atoms with van der Waals surface area (Å²) in [6.07, 6.45) is 3.24. The van der Waals surface area contributed by atoms with Crippen LogP contribution < -0.4 is 5.73 Å². The third-order valence-electron chi connectivity index (χ3n) is 6.13. The fraction of sp³-hybridized carbons (Fsp3) is 0.292. The average Bonchev–Trinajstić information content (AvgIpc) is 3.20. The van der Waals surface area contributed by atoms with Gasteiger partial charge in [-0.1, -0.05) is 31.2 Å². The van der Waals surface area contributed by atoms with Gasteiger partial charge in [0.1, 0.15) is 0 Å². The van der Waals surface area contributed by atoms with E-state index in [1.54, 1.807) is 6.07 Å². The van der Waals surface area contributed by atoms with Gasteiger partial charge in [-0.25, -0.2) is 14.6 Å². The van der Waals surface area contributed by atoms with Crippen LogP contribution >= 0.6 is 0 Å². The van der Waals surface area contributed by atoms with Crippen LogP contribution in [0.1, 0.15) is 31.2 Å². The van der Waals surface area contributed by atoms with E-state index >= 15 is 0 Å². The smallest absolute Gasteiger partial charge is 0.159 e. The van der Waals surface area contributed by atoms with Gasteiger partial charge in [0.15, 0.2) is 11.5 Å². The molecule has 1 unspecified atom stereocenters. The van der Waals surface area contributed by atoms with E-state index in [1.165, 1.54) is 0 Å². The third-order valence-corrected chi connectivity index (χ3v) is 6.13. The van der Waals surface area contributed by atoms with Gasteiger partial charge in [0.05, 0.1) is 29.2 Å². The molecule has 158 valence electrons. The van der Waals surface area contributed by atoms with Gasteiger partial charge < -0.3 is 10.2 Å². The summed E-state index contributed by atoms with van der Waals surface area (Å²) in [7, 11) is 0. The number of pyridine rings is 2. The lowest BCUT2D eigenvalue weighted by Gasteiger charge is -2.41. The standard InChI is InChI=1S/C24H25N5O2/c1-2-18-5-3-8-23(27-18)29-21-11-15(9-10-16(21)14-26-29)20-6-4-7-22(28-20)24(25,31)17-12-19(30)13-17/h3-11,14,17,19,30-31H,2,12-13,25H2,1H3. The summed E-state index contributed by atoms with van der Waals surface area (Å²) in [4.78, 5) is 9.35. The van der Waals surface area contributed by atoms with Crippen molar-refractivity contribution in [1.82, 2.24) is 19.7 Å². The molecule has 0 bridgehead atoms. The molecule has 1 saturated carbocycles. The van der Waals surface area contributed by atoms with Gasteiger partial charge >= 0.3 is 0 Å². The molecule has 7 heteroatoms. The van der Waals surface area contributed by atoms with Gasteiger partial charge in [0, 0.05) is 22.6 Å². The number of hydrogen-bond acceptors (Lipinski definition) is 6. The number of aromatic nitrogens is 4. The zero-order valence-electron chi connectivity index (χ0n) is 17.3. The van der Waals surface area contributed by atoms with Crippen molar-refractivity contribution in [2.75, 3.05) is 0 Å². The van der Waals surface area contributed by atoms with Gasteiger partial charge in [-0.15, -0.1) is 0 Å². The van der Waals surface area contributed by atoms with E-state index in [-0.39, 0.29) is 5.92 Å². The van der Waals surface area contributed by atoms with Crippen molar-refractivity contribution >= 4 is 10.9 Å². The second-order valence-corrected chi connectivity index (χ2v) is 8.23. The lowest BCUT2D eigenvalue weighted by Crippen LogP contribution is -2.51. The Bertz CT molecular complexity index is 1240. The molecule has 4 aromatic rings. The summed E-state index contributed by atoms with van der Waals surface area (Å²) >= 11 is 0. The molecule has 4 N–H and O–H groups in total. The molecule has 0 amide bonds. The van der Waals surface area contributed by atoms with E-state index in [2.05, 4.69) is 22.0 Å². The van der Waals surface area contributed by atoms with Crippen molar-refractivity contribution in [2.24, 2.45) is 11.7 Å². The minimum absolute atomic E-state index is 0.203. The van der Waals surface area contributed by atoms with Crippen LogP contribution in [-0.2, 0) is 12.1 Å². The Balaban J connectivity index is 1.54. The SMILES string of the molecule is CCc1cccc(-n2ncc3ccc(-c4cccc(C(N)(O)C5CC(O)C5)n4)cc32)n1. The van der Waals surface area contributed by atoms with Crippen LogP contribution in [0, 0.1) is 5.92 Å². The molecule has 3 heterocycles. The molecule has 1 fully saturated rings. The van der Waals surface area contributed by atoms with Crippen molar-refractivity contribution in [1.29, 1.82) is 0 Å². The van der Waals surface area contributed by atoms with Crippen molar-refractivity contribution in [3.8, 4) is 17.1 Å². The van der Waals surface area contributed by atoms with Crippen LogP contribution in [-0.4, -0.2) is 36.1 Å². The van der Waals surface area contributed by atoms with Crippen molar-refractivity contribution in [3.05, 3.63) is 72.2 Å². The highest BCUT2D eigenvalue weighted by molar-refractivity contribution is 5.84. The predicted molar refractivity (Wildman–Crippen MR) is 118 cm³/mol. The summed E-state index contributed by atoms with van der Waals surface area (Å²) in [5.41, 5.74) is 8.61. The minimum atomic E-state index is -1.56. The van der Waals surface area contributed by atoms with Gasteiger partial charge in [-0.05, 0) is 49.6 Å². The van der Waals surface area contributed by atoms with E-state index in [1.807, 2.05) is 59.4 Å². The van der Waals surface area contributed by atoms with Crippen LogP contribution in [0.2, 0.25) is 0 Å². The molecule has 3 aromatic heterocycles. The number of aliphatic hydroxyl groups is 2. The fourth-order valence-corrected chi connectivity index (χ4v) is 4.12. The number of rotatable bonds is 5. The molecule has 31 heavy (non-hydrogen) atoms. The largest absolute Gasteiger partial charge is 0.393 e. The molecule has 0 saturated heterocycles. The second-order valence-electron chi connectivity index (χ2n) is 8.23. The average molecular weight is 415 g/mol. The maximum absolute atomic E-state index is 10.9. The fourth-order valence-electron chi connectivity index (χ4n) is 4.12. The first-order valence-corrected chi connectivity index (χ1v) is 10.6. The third kappa shape index (κ3) is 3.50. The molecule has 0 radical (unpaired) electrons. The number of nitrogens with zero attached hydrogens (tertiary/aromatic N) is 4. The Morgan fingerprint density at radius 3 is 2.68 bits per heavy atom. The molecular weight excluding hydrogens is 390 g/mol. The van der Waals surface area contributed by atoms with E-state index in [9.17, 15) is 10.2 Å². The minimum Gasteiger partial charge on any atom is -0.393 e. The summed E-state index contributed by atoms with van der Waals surface area (Å²) in [5, 5.41) is 26.0. The Morgan fingerprint density at radius 1 is 1.10 bits per heavy atom. The maximum Gasteiger partial charge on any atom is 0.159 e. The van der Waals surface area contributed by atoms with Crippen LogP contribution in [0.15, 0.2) is 60.8 Å². The number of fused-ring (bicyclic) bond motifs is 1. The Hall–Kier alpha value is -3.13. The topological polar surface area (TPSA) is 110 Å². The van der Waals surface area contributed by atoms with Gasteiger partial charge in [0.25, 0.3) is 0 Å². The molecule has 1 atom stereocenters. The number of hydrogen-bond donors (Lipinski definition) is 3. The predicted octanol–water partition coefficient (Wildman–Crippen LogP) is 2.92. The zero-order chi connectivity index (χ0) is 21.6. The molecule has 1 aliphatic carbocycles. The Kier molecular flexibility index (Phi) is 4.81. The van der Waals surface area contributed by atoms with E-state index < -0.39 is 11.8 Å². The molecule has 5 rings (SSSR count). The Labute approximate surface area is 180 Å². The summed E-state index contributed by atoms with van der Waals surface area (Å²) in [6, 6.07) is 17.4. The quantitative estimate of drug-likeness (QED) is 0.432. The highest BCUT2D eigenvalue weighted by atomic mass is 16.3. The normalized spacial score (nSPS) is 20.4. The zero-order valence-corrected chi connectivity index (χ0v) is 17.3. The van der Waals surface area contributed by atoms with Gasteiger partial charge in [0.2, 0.25) is 0 Å². The summed E-state index contributed by atoms with van der Waals surface area (Å²) in [6.45, 7) is 2.08. The molecule has 7 nitrogen and oxygen atoms in total. The van der Waals surface area contributed by atoms with Crippen molar-refractivity contribution in [3.63, 3.8) is 0 Å². The molecule has 0 spiro atoms. The Morgan fingerprint density at radius 2 is 1.90 bits per heavy atom. The molecular formula is C24H25N5O2. The van der Waals surface area contributed by atoms with Crippen LogP contribution in [0.25, 0.3) is 28.0 Å². The van der Waals surface area contributed by atoms with E-state index in [0.717, 1.165) is 34.4 Å². The molecule has 1 aromatic carbocycles. The number of aryl methyl sites for hydroxylation is 1. The number of benzene rings is 1. The maximum atomic E-state index is 10.9. The first-order chi connectivity index (χ1) is 15.0. The van der Waals surface area contributed by atoms with E-state index in [0.29, 0.717) is 24.2 Å². The lowest BCUT2D eigenvalue weighted by atomic mass is 9.74. The number of nitrogens with two attached hydrogens (primary N) is 1. The van der Waals surface area contributed by atoms with Crippen molar-refractivity contribution in [2.45, 2.75) is 38.0 Å². The van der Waals surface area contributed by atoms with Crippen molar-refractivity contribution < 1.29 is 10.2 Å². The molecule has 0 aliphatic heterocycles. The molecule has 1 aliphatic rings. The monoisotopic (exact) mass is 415 g/mol. The second kappa shape index (κ2) is 7.53.